The molecule has 0 bridgehead atoms. The van der Waals surface area contributed by atoms with Crippen LogP contribution in [0.25, 0.3) is 0 Å². The third kappa shape index (κ3) is 6.23. The van der Waals surface area contributed by atoms with Crippen LogP contribution in [0.5, 0.6) is 11.5 Å². The zero-order valence-corrected chi connectivity index (χ0v) is 17.9. The highest BCUT2D eigenvalue weighted by atomic mass is 16.5. The highest BCUT2D eigenvalue weighted by molar-refractivity contribution is 5.99. The average Bonchev–Trinajstić information content (AvgIpc) is 2.69. The van der Waals surface area contributed by atoms with Gasteiger partial charge in [-0.25, -0.2) is 0 Å². The minimum absolute atomic E-state index is 0.228. The van der Waals surface area contributed by atoms with E-state index in [4.69, 9.17) is 9.47 Å². The molecule has 2 aromatic carbocycles. The molecule has 0 radical (unpaired) electrons. The second-order valence-corrected chi connectivity index (χ2v) is 6.83. The Morgan fingerprint density at radius 3 is 1.93 bits per heavy atom. The van der Waals surface area contributed by atoms with Crippen LogP contribution in [0.1, 0.15) is 29.8 Å². The molecule has 0 saturated heterocycles. The van der Waals surface area contributed by atoms with Crippen LogP contribution < -0.4 is 20.1 Å². The quantitative estimate of drug-likeness (QED) is 0.694. The standard InChI is InChI=1S/C22H27N3O5/c1-14(26)23-18-11-17(12-19(13-18)24-15(2)27)22(28)25(3)9-8-16-6-7-20(29-4)21(10-16)30-5/h6-7,10-13H,8-9H2,1-5H3,(H,23,26)(H,24,27). The lowest BCUT2D eigenvalue weighted by molar-refractivity contribution is -0.115. The Hall–Kier alpha value is -3.55. The lowest BCUT2D eigenvalue weighted by atomic mass is 10.1. The molecule has 2 N–H and O–H groups in total. The SMILES string of the molecule is COc1ccc(CCN(C)C(=O)c2cc(NC(C)=O)cc(NC(C)=O)c2)cc1OC. The van der Waals surface area contributed by atoms with Gasteiger partial charge < -0.3 is 25.0 Å². The molecule has 3 amide bonds. The van der Waals surface area contributed by atoms with Gasteiger partial charge in [0.25, 0.3) is 5.91 Å². The predicted octanol–water partition coefficient (Wildman–Crippen LogP) is 2.94. The number of carbonyl (C=O) groups is 3. The number of carbonyl (C=O) groups excluding carboxylic acids is 3. The number of hydrogen-bond donors (Lipinski definition) is 2. The topological polar surface area (TPSA) is 97.0 Å². The van der Waals surface area contributed by atoms with Crippen molar-refractivity contribution in [1.29, 1.82) is 0 Å². The summed E-state index contributed by atoms with van der Waals surface area (Å²) in [4.78, 5) is 37.3. The van der Waals surface area contributed by atoms with Gasteiger partial charge in [-0.15, -0.1) is 0 Å². The number of rotatable bonds is 8. The molecule has 0 aliphatic rings. The monoisotopic (exact) mass is 413 g/mol. The maximum absolute atomic E-state index is 12.9. The lowest BCUT2D eigenvalue weighted by Gasteiger charge is -2.19. The molecule has 0 spiro atoms. The van der Waals surface area contributed by atoms with Gasteiger partial charge in [0.2, 0.25) is 11.8 Å². The molecule has 0 saturated carbocycles. The zero-order valence-electron chi connectivity index (χ0n) is 17.9. The molecule has 0 atom stereocenters. The Morgan fingerprint density at radius 2 is 1.43 bits per heavy atom. The third-order valence-corrected chi connectivity index (χ3v) is 4.35. The number of ether oxygens (including phenoxy) is 2. The van der Waals surface area contributed by atoms with Crippen molar-refractivity contribution < 1.29 is 23.9 Å². The van der Waals surface area contributed by atoms with Crippen molar-refractivity contribution in [3.8, 4) is 11.5 Å². The van der Waals surface area contributed by atoms with Crippen molar-refractivity contribution in [3.63, 3.8) is 0 Å². The summed E-state index contributed by atoms with van der Waals surface area (Å²) >= 11 is 0. The third-order valence-electron chi connectivity index (χ3n) is 4.35. The summed E-state index contributed by atoms with van der Waals surface area (Å²) in [6.07, 6.45) is 0.618. The minimum Gasteiger partial charge on any atom is -0.493 e. The Morgan fingerprint density at radius 1 is 0.867 bits per heavy atom. The maximum atomic E-state index is 12.9. The number of nitrogens with zero attached hydrogens (tertiary/aromatic N) is 1. The fraction of sp³-hybridized carbons (Fsp3) is 0.318. The van der Waals surface area contributed by atoms with Crippen LogP contribution in [0.15, 0.2) is 36.4 Å². The van der Waals surface area contributed by atoms with Crippen molar-refractivity contribution in [3.05, 3.63) is 47.5 Å². The van der Waals surface area contributed by atoms with Crippen LogP contribution in [0, 0.1) is 0 Å². The fourth-order valence-electron chi connectivity index (χ4n) is 2.96. The Balaban J connectivity index is 2.16. The molecule has 0 heterocycles. The van der Waals surface area contributed by atoms with Gasteiger partial charge in [-0.2, -0.15) is 0 Å². The Bertz CT molecular complexity index is 908. The van der Waals surface area contributed by atoms with Gasteiger partial charge in [-0.05, 0) is 42.3 Å². The molecule has 0 aliphatic carbocycles. The number of methoxy groups -OCH3 is 2. The van der Waals surface area contributed by atoms with Gasteiger partial charge >= 0.3 is 0 Å². The predicted molar refractivity (Wildman–Crippen MR) is 115 cm³/mol. The molecule has 2 aromatic rings. The van der Waals surface area contributed by atoms with E-state index in [1.54, 1.807) is 44.4 Å². The van der Waals surface area contributed by atoms with Crippen LogP contribution in [0.3, 0.4) is 0 Å². The van der Waals surface area contributed by atoms with Crippen molar-refractivity contribution in [2.75, 3.05) is 38.4 Å². The van der Waals surface area contributed by atoms with Crippen molar-refractivity contribution in [1.82, 2.24) is 4.90 Å². The van der Waals surface area contributed by atoms with Crippen LogP contribution in [-0.2, 0) is 16.0 Å². The van der Waals surface area contributed by atoms with E-state index in [9.17, 15) is 14.4 Å². The number of hydrogen-bond acceptors (Lipinski definition) is 5. The maximum Gasteiger partial charge on any atom is 0.253 e. The zero-order chi connectivity index (χ0) is 22.3. The number of nitrogens with one attached hydrogen (secondary N) is 2. The number of anilines is 2. The number of likely N-dealkylation sites (N-methyl/N-ethyl adjacent to an activating group) is 1. The summed E-state index contributed by atoms with van der Waals surface area (Å²) < 4.78 is 10.6. The molecular formula is C22H27N3O5. The van der Waals surface area contributed by atoms with Crippen molar-refractivity contribution >= 4 is 29.1 Å². The first-order valence-corrected chi connectivity index (χ1v) is 9.40. The normalized spacial score (nSPS) is 10.2. The molecule has 0 aromatic heterocycles. The highest BCUT2D eigenvalue weighted by Gasteiger charge is 2.15. The summed E-state index contributed by atoms with van der Waals surface area (Å²) in [5, 5.41) is 5.29. The van der Waals surface area contributed by atoms with E-state index in [0.717, 1.165) is 5.56 Å². The first-order chi connectivity index (χ1) is 14.2. The van der Waals surface area contributed by atoms with E-state index in [1.807, 2.05) is 18.2 Å². The molecular weight excluding hydrogens is 386 g/mol. The minimum atomic E-state index is -0.268. The van der Waals surface area contributed by atoms with Crippen LogP contribution in [-0.4, -0.2) is 50.4 Å². The van der Waals surface area contributed by atoms with E-state index >= 15 is 0 Å². The second kappa shape index (κ2) is 10.3. The first-order valence-electron chi connectivity index (χ1n) is 9.40. The molecule has 8 nitrogen and oxygen atoms in total. The van der Waals surface area contributed by atoms with E-state index in [2.05, 4.69) is 10.6 Å². The van der Waals surface area contributed by atoms with Gasteiger partial charge in [0.05, 0.1) is 14.2 Å². The van der Waals surface area contributed by atoms with Gasteiger partial charge in [-0.3, -0.25) is 14.4 Å². The molecule has 8 heteroatoms. The molecule has 0 aliphatic heterocycles. The smallest absolute Gasteiger partial charge is 0.253 e. The number of benzene rings is 2. The van der Waals surface area contributed by atoms with E-state index in [1.165, 1.54) is 13.8 Å². The van der Waals surface area contributed by atoms with E-state index in [0.29, 0.717) is 41.4 Å². The van der Waals surface area contributed by atoms with Crippen LogP contribution in [0.2, 0.25) is 0 Å². The summed E-state index contributed by atoms with van der Waals surface area (Å²) in [5.41, 5.74) is 2.23. The lowest BCUT2D eigenvalue weighted by Crippen LogP contribution is -2.29. The molecule has 0 fully saturated rings. The molecule has 0 unspecified atom stereocenters. The summed E-state index contributed by atoms with van der Waals surface area (Å²) in [5.74, 6) is 0.512. The van der Waals surface area contributed by atoms with Crippen molar-refractivity contribution in [2.45, 2.75) is 20.3 Å². The fourth-order valence-corrected chi connectivity index (χ4v) is 2.96. The highest BCUT2D eigenvalue weighted by Crippen LogP contribution is 2.28. The van der Waals surface area contributed by atoms with Crippen LogP contribution >= 0.6 is 0 Å². The molecule has 160 valence electrons. The van der Waals surface area contributed by atoms with Gasteiger partial charge in [-0.1, -0.05) is 6.07 Å². The molecule has 30 heavy (non-hydrogen) atoms. The first kappa shape index (κ1) is 22.7. The van der Waals surface area contributed by atoms with E-state index < -0.39 is 0 Å². The Labute approximate surface area is 176 Å². The summed E-state index contributed by atoms with van der Waals surface area (Å²) in [6.45, 7) is 3.22. The average molecular weight is 413 g/mol. The van der Waals surface area contributed by atoms with Gasteiger partial charge in [0.1, 0.15) is 0 Å². The van der Waals surface area contributed by atoms with Crippen molar-refractivity contribution in [2.24, 2.45) is 0 Å². The van der Waals surface area contributed by atoms with Gasteiger partial charge in [0.15, 0.2) is 11.5 Å². The van der Waals surface area contributed by atoms with Crippen LogP contribution in [0.4, 0.5) is 11.4 Å². The summed E-state index contributed by atoms with van der Waals surface area (Å²) in [7, 11) is 4.85. The largest absolute Gasteiger partial charge is 0.493 e. The second-order valence-electron chi connectivity index (χ2n) is 6.83. The Kier molecular flexibility index (Phi) is 7.80. The van der Waals surface area contributed by atoms with Gasteiger partial charge in [0, 0.05) is 44.4 Å². The summed E-state index contributed by atoms with van der Waals surface area (Å²) in [6, 6.07) is 10.4. The van der Waals surface area contributed by atoms with E-state index in [-0.39, 0.29) is 17.7 Å². The number of amides is 3. The molecule has 2 rings (SSSR count).